The van der Waals surface area contributed by atoms with Crippen LogP contribution in [0, 0.1) is 0 Å². The van der Waals surface area contributed by atoms with E-state index in [9.17, 15) is 4.79 Å². The third-order valence-electron chi connectivity index (χ3n) is 4.96. The summed E-state index contributed by atoms with van der Waals surface area (Å²) in [5.74, 6) is 0.639. The maximum Gasteiger partial charge on any atom is 0.321 e. The van der Waals surface area contributed by atoms with Crippen molar-refractivity contribution in [2.24, 2.45) is 0 Å². The molecule has 0 spiro atoms. The molecule has 1 atom stereocenters. The van der Waals surface area contributed by atoms with Crippen LogP contribution < -0.4 is 10.1 Å². The van der Waals surface area contributed by atoms with Crippen LogP contribution in [0.15, 0.2) is 18.2 Å². The van der Waals surface area contributed by atoms with Gasteiger partial charge in [-0.05, 0) is 51.4 Å². The van der Waals surface area contributed by atoms with E-state index < -0.39 is 0 Å². The number of nitrogens with one attached hydrogen (secondary N) is 1. The van der Waals surface area contributed by atoms with Crippen LogP contribution in [0.5, 0.6) is 5.75 Å². The Labute approximate surface area is 148 Å². The number of hydrogen-bond donors (Lipinski definition) is 1. The number of carbonyl (C=O) groups is 1. The molecule has 1 N–H and O–H groups in total. The number of rotatable bonds is 4. The Morgan fingerprint density at radius 2 is 2.17 bits per heavy atom. The Balaban J connectivity index is 1.51. The molecule has 132 valence electrons. The van der Waals surface area contributed by atoms with Crippen molar-refractivity contribution in [1.29, 1.82) is 0 Å². The van der Waals surface area contributed by atoms with Crippen LogP contribution in [-0.2, 0) is 0 Å². The predicted molar refractivity (Wildman–Crippen MR) is 97.0 cm³/mol. The lowest BCUT2D eigenvalue weighted by Gasteiger charge is -2.49. The van der Waals surface area contributed by atoms with Gasteiger partial charge in [-0.2, -0.15) is 0 Å². The number of amides is 2. The fraction of sp³-hybridized carbons (Fsp3) is 0.611. The Hall–Kier alpha value is -1.46. The quantitative estimate of drug-likeness (QED) is 0.896. The number of urea groups is 1. The van der Waals surface area contributed by atoms with E-state index in [1.807, 2.05) is 17.9 Å². The van der Waals surface area contributed by atoms with Crippen LogP contribution in [-0.4, -0.2) is 54.2 Å². The van der Waals surface area contributed by atoms with Crippen molar-refractivity contribution in [3.05, 3.63) is 23.2 Å². The number of benzene rings is 1. The zero-order valence-corrected chi connectivity index (χ0v) is 15.2. The number of carbonyl (C=O) groups excluding carboxylic acids is 1. The summed E-state index contributed by atoms with van der Waals surface area (Å²) in [4.78, 5) is 16.8. The molecule has 0 radical (unpaired) electrons. The molecule has 0 unspecified atom stereocenters. The van der Waals surface area contributed by atoms with Gasteiger partial charge in [0.05, 0.1) is 11.6 Å². The van der Waals surface area contributed by atoms with Gasteiger partial charge < -0.3 is 15.0 Å². The molecule has 2 amide bonds. The van der Waals surface area contributed by atoms with Gasteiger partial charge in [-0.25, -0.2) is 4.79 Å². The number of likely N-dealkylation sites (tertiary alicyclic amines) is 2. The molecule has 2 heterocycles. The molecular weight excluding hydrogens is 326 g/mol. The number of halogens is 1. The highest BCUT2D eigenvalue weighted by Gasteiger charge is 2.37. The second-order valence-electron chi connectivity index (χ2n) is 6.65. The minimum Gasteiger partial charge on any atom is -0.492 e. The Morgan fingerprint density at radius 3 is 2.83 bits per heavy atom. The zero-order chi connectivity index (χ0) is 17.1. The molecule has 0 aliphatic carbocycles. The fourth-order valence-corrected chi connectivity index (χ4v) is 3.78. The molecule has 2 aliphatic rings. The summed E-state index contributed by atoms with van der Waals surface area (Å²) in [6.07, 6.45) is 3.87. The van der Waals surface area contributed by atoms with Crippen molar-refractivity contribution < 1.29 is 9.53 Å². The van der Waals surface area contributed by atoms with E-state index in [-0.39, 0.29) is 6.03 Å². The molecule has 3 rings (SSSR count). The van der Waals surface area contributed by atoms with Gasteiger partial charge in [0.15, 0.2) is 0 Å². The standard InChI is InChI=1S/C18H26ClN3O2/c1-3-24-17-8-7-14(10-16(17)19)20-18(23)21-11-15(12-21)22-9-5-4-6-13(22)2/h7-8,10,13,15H,3-6,9,11-12H2,1-2H3,(H,20,23)/t13-/m1/s1. The smallest absolute Gasteiger partial charge is 0.321 e. The SMILES string of the molecule is CCOc1ccc(NC(=O)N2CC(N3CCCC[C@H]3C)C2)cc1Cl. The van der Waals surface area contributed by atoms with Crippen molar-refractivity contribution in [1.82, 2.24) is 9.80 Å². The van der Waals surface area contributed by atoms with Crippen molar-refractivity contribution >= 4 is 23.3 Å². The van der Waals surface area contributed by atoms with E-state index in [0.717, 1.165) is 19.6 Å². The lowest BCUT2D eigenvalue weighted by Crippen LogP contribution is -2.64. The minimum atomic E-state index is -0.0591. The summed E-state index contributed by atoms with van der Waals surface area (Å²) in [7, 11) is 0. The van der Waals surface area contributed by atoms with Gasteiger partial charge >= 0.3 is 6.03 Å². The molecule has 24 heavy (non-hydrogen) atoms. The topological polar surface area (TPSA) is 44.8 Å². The highest BCUT2D eigenvalue weighted by molar-refractivity contribution is 6.32. The first-order chi connectivity index (χ1) is 11.6. The Bertz CT molecular complexity index is 590. The van der Waals surface area contributed by atoms with Crippen LogP contribution >= 0.6 is 11.6 Å². The first-order valence-electron chi connectivity index (χ1n) is 8.82. The average molecular weight is 352 g/mol. The van der Waals surface area contributed by atoms with Crippen LogP contribution in [0.2, 0.25) is 5.02 Å². The van der Waals surface area contributed by atoms with Gasteiger partial charge in [-0.3, -0.25) is 4.90 Å². The van der Waals surface area contributed by atoms with Crippen LogP contribution in [0.3, 0.4) is 0 Å². The first kappa shape index (κ1) is 17.4. The van der Waals surface area contributed by atoms with E-state index >= 15 is 0 Å². The zero-order valence-electron chi connectivity index (χ0n) is 14.4. The lowest BCUT2D eigenvalue weighted by molar-refractivity contribution is 0.0199. The fourth-order valence-electron chi connectivity index (χ4n) is 3.55. The molecule has 6 heteroatoms. The molecule has 0 bridgehead atoms. The Morgan fingerprint density at radius 1 is 1.38 bits per heavy atom. The summed E-state index contributed by atoms with van der Waals surface area (Å²) >= 11 is 6.16. The molecule has 1 aromatic rings. The molecule has 2 fully saturated rings. The highest BCUT2D eigenvalue weighted by Crippen LogP contribution is 2.29. The van der Waals surface area contributed by atoms with E-state index in [1.165, 1.54) is 19.3 Å². The van der Waals surface area contributed by atoms with Gasteiger partial charge in [0.25, 0.3) is 0 Å². The molecule has 1 aromatic carbocycles. The van der Waals surface area contributed by atoms with Crippen molar-refractivity contribution in [3.63, 3.8) is 0 Å². The molecule has 2 aliphatic heterocycles. The first-order valence-corrected chi connectivity index (χ1v) is 9.20. The normalized spacial score (nSPS) is 22.1. The third kappa shape index (κ3) is 3.78. The van der Waals surface area contributed by atoms with Gasteiger partial charge in [-0.1, -0.05) is 18.0 Å². The highest BCUT2D eigenvalue weighted by atomic mass is 35.5. The molecular formula is C18H26ClN3O2. The van der Waals surface area contributed by atoms with E-state index in [2.05, 4.69) is 17.1 Å². The van der Waals surface area contributed by atoms with Crippen molar-refractivity contribution in [2.75, 3.05) is 31.6 Å². The second-order valence-corrected chi connectivity index (χ2v) is 7.06. The molecule has 0 saturated carbocycles. The maximum atomic E-state index is 12.3. The number of hydrogen-bond acceptors (Lipinski definition) is 3. The summed E-state index contributed by atoms with van der Waals surface area (Å²) < 4.78 is 5.41. The summed E-state index contributed by atoms with van der Waals surface area (Å²) in [6.45, 7) is 7.55. The summed E-state index contributed by atoms with van der Waals surface area (Å²) in [5, 5.41) is 3.43. The van der Waals surface area contributed by atoms with Crippen molar-refractivity contribution in [2.45, 2.75) is 45.2 Å². The Kier molecular flexibility index (Phi) is 5.51. The second kappa shape index (κ2) is 7.62. The number of anilines is 1. The van der Waals surface area contributed by atoms with Crippen molar-refractivity contribution in [3.8, 4) is 5.75 Å². The van der Waals surface area contributed by atoms with Crippen LogP contribution in [0.4, 0.5) is 10.5 Å². The van der Waals surface area contributed by atoms with Gasteiger partial charge in [0.1, 0.15) is 5.75 Å². The van der Waals surface area contributed by atoms with E-state index in [0.29, 0.717) is 35.2 Å². The van der Waals surface area contributed by atoms with Crippen LogP contribution in [0.25, 0.3) is 0 Å². The van der Waals surface area contributed by atoms with Gasteiger partial charge in [0, 0.05) is 30.9 Å². The molecule has 2 saturated heterocycles. The van der Waals surface area contributed by atoms with Gasteiger partial charge in [-0.15, -0.1) is 0 Å². The average Bonchev–Trinajstić information content (AvgIpc) is 2.50. The number of ether oxygens (including phenoxy) is 1. The predicted octanol–water partition coefficient (Wildman–Crippen LogP) is 3.83. The van der Waals surface area contributed by atoms with E-state index in [1.54, 1.807) is 12.1 Å². The largest absolute Gasteiger partial charge is 0.492 e. The van der Waals surface area contributed by atoms with Gasteiger partial charge in [0.2, 0.25) is 0 Å². The summed E-state index contributed by atoms with van der Waals surface area (Å²) in [5.41, 5.74) is 0.697. The number of nitrogens with zero attached hydrogens (tertiary/aromatic N) is 2. The molecule has 5 nitrogen and oxygen atoms in total. The number of piperidine rings is 1. The third-order valence-corrected chi connectivity index (χ3v) is 5.25. The minimum absolute atomic E-state index is 0.0591. The van der Waals surface area contributed by atoms with Crippen LogP contribution in [0.1, 0.15) is 33.1 Å². The lowest BCUT2D eigenvalue weighted by atomic mass is 9.98. The molecule has 0 aromatic heterocycles. The monoisotopic (exact) mass is 351 g/mol. The van der Waals surface area contributed by atoms with E-state index in [4.69, 9.17) is 16.3 Å². The summed E-state index contributed by atoms with van der Waals surface area (Å²) in [6, 6.07) is 6.42. The maximum absolute atomic E-state index is 12.3.